The van der Waals surface area contributed by atoms with Crippen LogP contribution in [0.15, 0.2) is 65.1 Å². The summed E-state index contributed by atoms with van der Waals surface area (Å²) in [6.45, 7) is 0. The van der Waals surface area contributed by atoms with E-state index >= 15 is 0 Å². The Bertz CT molecular complexity index is 1100. The number of nitrogens with two attached hydrogens (primary N) is 1. The standard InChI is InChI=1S/C22H21N3O2/c1-25(2)17-8-4-14(5-9-17)15-6-11-21-19(13-15)24-22(27-21)16-7-10-20(26-3)18(23)12-16/h4-13H,23H2,1-3H3. The summed E-state index contributed by atoms with van der Waals surface area (Å²) in [6, 6.07) is 20.0. The zero-order valence-electron chi connectivity index (χ0n) is 15.6. The highest BCUT2D eigenvalue weighted by Crippen LogP contribution is 2.32. The molecule has 0 bridgehead atoms. The van der Waals surface area contributed by atoms with Crippen LogP contribution in [-0.2, 0) is 0 Å². The van der Waals surface area contributed by atoms with Gasteiger partial charge in [0.05, 0.1) is 12.8 Å². The van der Waals surface area contributed by atoms with E-state index < -0.39 is 0 Å². The van der Waals surface area contributed by atoms with Crippen LogP contribution in [0, 0.1) is 0 Å². The van der Waals surface area contributed by atoms with E-state index in [1.807, 2.05) is 50.5 Å². The van der Waals surface area contributed by atoms with E-state index in [4.69, 9.17) is 14.9 Å². The number of ether oxygens (including phenoxy) is 1. The van der Waals surface area contributed by atoms with E-state index in [9.17, 15) is 0 Å². The molecule has 27 heavy (non-hydrogen) atoms. The van der Waals surface area contributed by atoms with Crippen LogP contribution >= 0.6 is 0 Å². The van der Waals surface area contributed by atoms with Crippen LogP contribution < -0.4 is 15.4 Å². The number of nitrogen functional groups attached to an aromatic ring is 1. The minimum Gasteiger partial charge on any atom is -0.495 e. The van der Waals surface area contributed by atoms with Crippen LogP contribution in [-0.4, -0.2) is 26.2 Å². The summed E-state index contributed by atoms with van der Waals surface area (Å²) in [5.41, 5.74) is 12.3. The minimum absolute atomic E-state index is 0.541. The normalized spacial score (nSPS) is 10.9. The molecule has 5 heteroatoms. The molecule has 0 aliphatic heterocycles. The second kappa shape index (κ2) is 6.68. The van der Waals surface area contributed by atoms with Crippen LogP contribution in [0.2, 0.25) is 0 Å². The van der Waals surface area contributed by atoms with Crippen molar-refractivity contribution in [2.45, 2.75) is 0 Å². The van der Waals surface area contributed by atoms with Gasteiger partial charge in [-0.15, -0.1) is 0 Å². The van der Waals surface area contributed by atoms with Crippen molar-refractivity contribution >= 4 is 22.5 Å². The molecule has 0 aliphatic carbocycles. The van der Waals surface area contributed by atoms with Crippen molar-refractivity contribution in [3.8, 4) is 28.3 Å². The molecule has 4 rings (SSSR count). The molecular formula is C22H21N3O2. The van der Waals surface area contributed by atoms with Crippen LogP contribution in [0.3, 0.4) is 0 Å². The zero-order chi connectivity index (χ0) is 19.0. The predicted octanol–water partition coefficient (Wildman–Crippen LogP) is 4.82. The van der Waals surface area contributed by atoms with Gasteiger partial charge < -0.3 is 19.8 Å². The van der Waals surface area contributed by atoms with E-state index in [0.29, 0.717) is 17.3 Å². The lowest BCUT2D eigenvalue weighted by molar-refractivity contribution is 0.417. The molecule has 0 radical (unpaired) electrons. The fourth-order valence-corrected chi connectivity index (χ4v) is 3.05. The lowest BCUT2D eigenvalue weighted by atomic mass is 10.0. The van der Waals surface area contributed by atoms with E-state index in [1.54, 1.807) is 7.11 Å². The predicted molar refractivity (Wildman–Crippen MR) is 110 cm³/mol. The highest BCUT2D eigenvalue weighted by molar-refractivity contribution is 5.83. The molecule has 0 saturated heterocycles. The first kappa shape index (κ1) is 17.0. The maximum Gasteiger partial charge on any atom is 0.227 e. The summed E-state index contributed by atoms with van der Waals surface area (Å²) in [5.74, 6) is 1.18. The molecule has 2 N–H and O–H groups in total. The Morgan fingerprint density at radius 3 is 2.26 bits per heavy atom. The lowest BCUT2D eigenvalue weighted by Crippen LogP contribution is -2.07. The van der Waals surface area contributed by atoms with Gasteiger partial charge in [0.1, 0.15) is 11.3 Å². The van der Waals surface area contributed by atoms with E-state index in [2.05, 4.69) is 34.1 Å². The van der Waals surface area contributed by atoms with Crippen molar-refractivity contribution in [3.63, 3.8) is 0 Å². The second-order valence-corrected chi connectivity index (χ2v) is 6.60. The Morgan fingerprint density at radius 2 is 1.59 bits per heavy atom. The van der Waals surface area contributed by atoms with Gasteiger partial charge in [0, 0.05) is 25.3 Å². The highest BCUT2D eigenvalue weighted by Gasteiger charge is 2.11. The number of aromatic nitrogens is 1. The van der Waals surface area contributed by atoms with Crippen molar-refractivity contribution in [1.29, 1.82) is 0 Å². The molecule has 0 spiro atoms. The van der Waals surface area contributed by atoms with E-state index in [-0.39, 0.29) is 0 Å². The average Bonchev–Trinajstić information content (AvgIpc) is 3.11. The molecule has 3 aromatic carbocycles. The summed E-state index contributed by atoms with van der Waals surface area (Å²) in [4.78, 5) is 6.72. The molecule has 0 saturated carbocycles. The third-order valence-corrected chi connectivity index (χ3v) is 4.58. The average molecular weight is 359 g/mol. The van der Waals surface area contributed by atoms with Crippen LogP contribution in [0.1, 0.15) is 0 Å². The summed E-state index contributed by atoms with van der Waals surface area (Å²) >= 11 is 0. The van der Waals surface area contributed by atoms with Crippen molar-refractivity contribution in [2.75, 3.05) is 31.8 Å². The molecule has 4 aromatic rings. The fraction of sp³-hybridized carbons (Fsp3) is 0.136. The number of rotatable bonds is 4. The van der Waals surface area contributed by atoms with Gasteiger partial charge in [0.25, 0.3) is 0 Å². The molecule has 0 amide bonds. The molecular weight excluding hydrogens is 338 g/mol. The Hall–Kier alpha value is -3.47. The van der Waals surface area contributed by atoms with Gasteiger partial charge in [-0.1, -0.05) is 18.2 Å². The molecule has 0 unspecified atom stereocenters. The van der Waals surface area contributed by atoms with Crippen molar-refractivity contribution in [1.82, 2.24) is 4.98 Å². The first-order valence-electron chi connectivity index (χ1n) is 8.67. The fourth-order valence-electron chi connectivity index (χ4n) is 3.05. The molecule has 1 aromatic heterocycles. The van der Waals surface area contributed by atoms with Crippen molar-refractivity contribution in [3.05, 3.63) is 60.7 Å². The summed E-state index contributed by atoms with van der Waals surface area (Å²) in [7, 11) is 5.66. The Morgan fingerprint density at radius 1 is 0.889 bits per heavy atom. The van der Waals surface area contributed by atoms with Gasteiger partial charge >= 0.3 is 0 Å². The van der Waals surface area contributed by atoms with Crippen LogP contribution in [0.4, 0.5) is 11.4 Å². The first-order valence-corrected chi connectivity index (χ1v) is 8.67. The molecule has 136 valence electrons. The molecule has 5 nitrogen and oxygen atoms in total. The zero-order valence-corrected chi connectivity index (χ0v) is 15.6. The summed E-state index contributed by atoms with van der Waals surface area (Å²) in [5, 5.41) is 0. The maximum absolute atomic E-state index is 6.00. The van der Waals surface area contributed by atoms with E-state index in [1.165, 1.54) is 5.69 Å². The Labute approximate surface area is 158 Å². The first-order chi connectivity index (χ1) is 13.0. The smallest absolute Gasteiger partial charge is 0.227 e. The van der Waals surface area contributed by atoms with Gasteiger partial charge in [-0.25, -0.2) is 4.98 Å². The van der Waals surface area contributed by atoms with Crippen LogP contribution in [0.5, 0.6) is 5.75 Å². The minimum atomic E-state index is 0.541. The summed E-state index contributed by atoms with van der Waals surface area (Å²) in [6.07, 6.45) is 0. The molecule has 0 aliphatic rings. The topological polar surface area (TPSA) is 64.5 Å². The highest BCUT2D eigenvalue weighted by atomic mass is 16.5. The SMILES string of the molecule is COc1ccc(-c2nc3cc(-c4ccc(N(C)C)cc4)ccc3o2)cc1N. The third-order valence-electron chi connectivity index (χ3n) is 4.58. The lowest BCUT2D eigenvalue weighted by Gasteiger charge is -2.12. The summed E-state index contributed by atoms with van der Waals surface area (Å²) < 4.78 is 11.1. The van der Waals surface area contributed by atoms with Crippen LogP contribution in [0.25, 0.3) is 33.7 Å². The quantitative estimate of drug-likeness (QED) is 0.529. The Kier molecular flexibility index (Phi) is 4.20. The third kappa shape index (κ3) is 3.19. The number of methoxy groups -OCH3 is 1. The monoisotopic (exact) mass is 359 g/mol. The van der Waals surface area contributed by atoms with Crippen molar-refractivity contribution < 1.29 is 9.15 Å². The number of hydrogen-bond acceptors (Lipinski definition) is 5. The number of nitrogens with zero attached hydrogens (tertiary/aromatic N) is 2. The maximum atomic E-state index is 6.00. The van der Waals surface area contributed by atoms with Gasteiger partial charge in [-0.2, -0.15) is 0 Å². The number of anilines is 2. The number of fused-ring (bicyclic) bond motifs is 1. The van der Waals surface area contributed by atoms with E-state index in [0.717, 1.165) is 27.8 Å². The second-order valence-electron chi connectivity index (χ2n) is 6.60. The number of oxazole rings is 1. The van der Waals surface area contributed by atoms with Gasteiger partial charge in [0.15, 0.2) is 5.58 Å². The largest absolute Gasteiger partial charge is 0.495 e. The van der Waals surface area contributed by atoms with Gasteiger partial charge in [0.2, 0.25) is 5.89 Å². The number of hydrogen-bond donors (Lipinski definition) is 1. The molecule has 0 fully saturated rings. The van der Waals surface area contributed by atoms with Crippen molar-refractivity contribution in [2.24, 2.45) is 0 Å². The molecule has 0 atom stereocenters. The Balaban J connectivity index is 1.70. The van der Waals surface area contributed by atoms with Gasteiger partial charge in [-0.05, 0) is 53.6 Å². The molecule has 1 heterocycles. The van der Waals surface area contributed by atoms with Gasteiger partial charge in [-0.3, -0.25) is 0 Å². The number of benzene rings is 3.